The highest BCUT2D eigenvalue weighted by Gasteiger charge is 2.14. The summed E-state index contributed by atoms with van der Waals surface area (Å²) in [5.74, 6) is -0.228. The number of hydrogen-bond acceptors (Lipinski definition) is 6. The highest BCUT2D eigenvalue weighted by Crippen LogP contribution is 2.27. The number of anilines is 1. The average molecular weight is 526 g/mol. The zero-order chi connectivity index (χ0) is 26.8. The van der Waals surface area contributed by atoms with E-state index >= 15 is 0 Å². The molecule has 2 atom stereocenters. The van der Waals surface area contributed by atoms with Gasteiger partial charge >= 0.3 is 0 Å². The number of amides is 1. The van der Waals surface area contributed by atoms with Crippen molar-refractivity contribution < 1.29 is 23.4 Å². The number of phenols is 1. The van der Waals surface area contributed by atoms with E-state index in [9.17, 15) is 23.4 Å². The Labute approximate surface area is 218 Å². The van der Waals surface area contributed by atoms with Crippen LogP contribution in [0.15, 0.2) is 72.8 Å². The van der Waals surface area contributed by atoms with Crippen molar-refractivity contribution >= 4 is 21.6 Å². The lowest BCUT2D eigenvalue weighted by Gasteiger charge is -2.19. The van der Waals surface area contributed by atoms with Crippen molar-refractivity contribution in [2.75, 3.05) is 24.1 Å². The first-order valence-corrected chi connectivity index (χ1v) is 14.1. The zero-order valence-corrected chi connectivity index (χ0v) is 22.0. The Balaban J connectivity index is 1.47. The molecule has 0 heterocycles. The lowest BCUT2D eigenvalue weighted by molar-refractivity contribution is -0.120. The van der Waals surface area contributed by atoms with Crippen LogP contribution >= 0.6 is 0 Å². The molecule has 0 aliphatic carbocycles. The van der Waals surface area contributed by atoms with Crippen LogP contribution in [0, 0.1) is 0 Å². The molecule has 0 aromatic heterocycles. The summed E-state index contributed by atoms with van der Waals surface area (Å²) in [5.41, 5.74) is 3.70. The third-order valence-corrected chi connectivity index (χ3v) is 6.43. The molecule has 37 heavy (non-hydrogen) atoms. The van der Waals surface area contributed by atoms with Crippen molar-refractivity contribution in [2.24, 2.45) is 0 Å². The van der Waals surface area contributed by atoms with Gasteiger partial charge < -0.3 is 20.8 Å². The van der Waals surface area contributed by atoms with Gasteiger partial charge in [-0.1, -0.05) is 60.7 Å². The van der Waals surface area contributed by atoms with Crippen molar-refractivity contribution in [2.45, 2.75) is 38.3 Å². The summed E-state index contributed by atoms with van der Waals surface area (Å²) in [5, 5.41) is 26.7. The lowest BCUT2D eigenvalue weighted by Crippen LogP contribution is -2.32. The Hall–Kier alpha value is -3.40. The summed E-state index contributed by atoms with van der Waals surface area (Å²) >= 11 is 0. The van der Waals surface area contributed by atoms with E-state index in [1.165, 1.54) is 17.7 Å². The maximum Gasteiger partial charge on any atom is 0.229 e. The highest BCUT2D eigenvalue weighted by molar-refractivity contribution is 7.92. The van der Waals surface area contributed by atoms with Gasteiger partial charge in [0.25, 0.3) is 0 Å². The number of benzene rings is 3. The molecular formula is C28H35N3O5S. The number of sulfonamides is 1. The van der Waals surface area contributed by atoms with E-state index in [1.807, 2.05) is 61.5 Å². The molecule has 3 aromatic carbocycles. The van der Waals surface area contributed by atoms with E-state index in [-0.39, 0.29) is 29.9 Å². The number of carbonyl (C=O) groups excluding carboxylic acids is 1. The Bertz CT molecular complexity index is 1280. The number of aromatic hydroxyl groups is 1. The van der Waals surface area contributed by atoms with E-state index < -0.39 is 16.1 Å². The minimum atomic E-state index is -3.56. The summed E-state index contributed by atoms with van der Waals surface area (Å²) in [6.45, 7) is 2.84. The monoisotopic (exact) mass is 525 g/mol. The standard InChI is InChI=1S/C28H35N3O5S/c1-20(30-19-27(33)24-11-12-26(32)25(18-24)31-37(2,35)36)15-22-9-6-10-23(16-22)17-28(34)29-14-13-21-7-4-3-5-8-21/h3-12,16,18,20,27,30-33H,13-15,17,19H2,1-2H3,(H,29,34). The molecule has 3 rings (SSSR count). The fourth-order valence-electron chi connectivity index (χ4n) is 4.00. The van der Waals surface area contributed by atoms with E-state index in [0.717, 1.165) is 23.8 Å². The summed E-state index contributed by atoms with van der Waals surface area (Å²) < 4.78 is 25.2. The maximum atomic E-state index is 12.4. The van der Waals surface area contributed by atoms with Crippen LogP contribution in [0.5, 0.6) is 5.75 Å². The van der Waals surface area contributed by atoms with Gasteiger partial charge in [0, 0.05) is 19.1 Å². The van der Waals surface area contributed by atoms with Crippen molar-refractivity contribution in [3.63, 3.8) is 0 Å². The number of rotatable bonds is 13. The number of aliphatic hydroxyl groups is 1. The maximum absolute atomic E-state index is 12.4. The molecule has 3 aromatic rings. The third-order valence-electron chi connectivity index (χ3n) is 5.84. The van der Waals surface area contributed by atoms with Crippen molar-refractivity contribution in [1.29, 1.82) is 0 Å². The fraction of sp³-hybridized carbons (Fsp3) is 0.321. The summed E-state index contributed by atoms with van der Waals surface area (Å²) in [6.07, 6.45) is 1.91. The molecule has 8 nitrogen and oxygen atoms in total. The van der Waals surface area contributed by atoms with Crippen LogP contribution in [0.1, 0.15) is 35.3 Å². The van der Waals surface area contributed by atoms with Gasteiger partial charge in [0.2, 0.25) is 15.9 Å². The Morgan fingerprint density at radius 2 is 1.65 bits per heavy atom. The molecule has 9 heteroatoms. The van der Waals surface area contributed by atoms with Gasteiger partial charge in [0.15, 0.2) is 0 Å². The van der Waals surface area contributed by atoms with Gasteiger partial charge in [0.1, 0.15) is 5.75 Å². The number of hydrogen-bond donors (Lipinski definition) is 5. The smallest absolute Gasteiger partial charge is 0.229 e. The van der Waals surface area contributed by atoms with Gasteiger partial charge in [-0.05, 0) is 54.2 Å². The molecule has 0 aliphatic heterocycles. The fourth-order valence-corrected chi connectivity index (χ4v) is 4.57. The number of aliphatic hydroxyl groups excluding tert-OH is 1. The Morgan fingerprint density at radius 1 is 0.946 bits per heavy atom. The molecule has 0 spiro atoms. The van der Waals surface area contributed by atoms with Gasteiger partial charge in [-0.15, -0.1) is 0 Å². The molecule has 2 unspecified atom stereocenters. The van der Waals surface area contributed by atoms with E-state index in [4.69, 9.17) is 0 Å². The zero-order valence-electron chi connectivity index (χ0n) is 21.1. The molecule has 198 valence electrons. The first-order chi connectivity index (χ1) is 17.6. The number of phenolic OH excluding ortho intramolecular Hbond substituents is 1. The largest absolute Gasteiger partial charge is 0.506 e. The Morgan fingerprint density at radius 3 is 2.38 bits per heavy atom. The molecule has 0 radical (unpaired) electrons. The molecule has 0 saturated carbocycles. The van der Waals surface area contributed by atoms with Crippen LogP contribution in [-0.2, 0) is 34.1 Å². The topological polar surface area (TPSA) is 128 Å². The quantitative estimate of drug-likeness (QED) is 0.218. The summed E-state index contributed by atoms with van der Waals surface area (Å²) in [7, 11) is -3.56. The molecule has 0 bridgehead atoms. The first kappa shape index (κ1) is 28.2. The Kier molecular flexibility index (Phi) is 10.1. The predicted octanol–water partition coefficient (Wildman–Crippen LogP) is 2.92. The number of carbonyl (C=O) groups is 1. The van der Waals surface area contributed by atoms with Crippen LogP contribution in [0.2, 0.25) is 0 Å². The lowest BCUT2D eigenvalue weighted by atomic mass is 10.0. The minimum Gasteiger partial charge on any atom is -0.506 e. The molecule has 0 saturated heterocycles. The third kappa shape index (κ3) is 9.87. The summed E-state index contributed by atoms with van der Waals surface area (Å²) in [4.78, 5) is 12.4. The van der Waals surface area contributed by atoms with Gasteiger partial charge in [-0.3, -0.25) is 9.52 Å². The second-order valence-corrected chi connectivity index (χ2v) is 11.0. The van der Waals surface area contributed by atoms with E-state index in [2.05, 4.69) is 15.4 Å². The van der Waals surface area contributed by atoms with Crippen LogP contribution in [0.25, 0.3) is 0 Å². The second-order valence-electron chi connectivity index (χ2n) is 9.26. The first-order valence-electron chi connectivity index (χ1n) is 12.2. The van der Waals surface area contributed by atoms with E-state index in [1.54, 1.807) is 6.07 Å². The van der Waals surface area contributed by atoms with E-state index in [0.29, 0.717) is 24.9 Å². The molecule has 1 amide bonds. The SMILES string of the molecule is CC(Cc1cccc(CC(=O)NCCc2ccccc2)c1)NCC(O)c1ccc(O)c(NS(C)(=O)=O)c1. The molecule has 0 aliphatic rings. The van der Waals surface area contributed by atoms with Gasteiger partial charge in [0.05, 0.1) is 24.5 Å². The van der Waals surface area contributed by atoms with Crippen molar-refractivity contribution in [1.82, 2.24) is 10.6 Å². The van der Waals surface area contributed by atoms with Crippen LogP contribution in [-0.4, -0.2) is 49.9 Å². The second kappa shape index (κ2) is 13.2. The molecular weight excluding hydrogens is 490 g/mol. The summed E-state index contributed by atoms with van der Waals surface area (Å²) in [6, 6.07) is 22.3. The minimum absolute atomic E-state index is 0.0130. The average Bonchev–Trinajstić information content (AvgIpc) is 2.84. The highest BCUT2D eigenvalue weighted by atomic mass is 32.2. The number of nitrogens with one attached hydrogen (secondary N) is 3. The predicted molar refractivity (Wildman–Crippen MR) is 146 cm³/mol. The van der Waals surface area contributed by atoms with Gasteiger partial charge in [-0.2, -0.15) is 0 Å². The molecule has 5 N–H and O–H groups in total. The van der Waals surface area contributed by atoms with Crippen LogP contribution in [0.3, 0.4) is 0 Å². The van der Waals surface area contributed by atoms with Crippen molar-refractivity contribution in [3.05, 3.63) is 95.1 Å². The van der Waals surface area contributed by atoms with Gasteiger partial charge in [-0.25, -0.2) is 8.42 Å². The van der Waals surface area contributed by atoms with Crippen LogP contribution in [0.4, 0.5) is 5.69 Å². The van der Waals surface area contributed by atoms with Crippen LogP contribution < -0.4 is 15.4 Å². The molecule has 0 fully saturated rings. The van der Waals surface area contributed by atoms with Crippen molar-refractivity contribution in [3.8, 4) is 5.75 Å². The normalized spacial score (nSPS) is 13.1.